The highest BCUT2D eigenvalue weighted by Crippen LogP contribution is 2.16. The molecule has 0 bridgehead atoms. The number of aromatic nitrogens is 2. The normalized spacial score (nSPS) is 19.5. The highest BCUT2D eigenvalue weighted by molar-refractivity contribution is 9.10. The molecule has 1 aromatic heterocycles. The summed E-state index contributed by atoms with van der Waals surface area (Å²) in [5.74, 6) is 1.75. The van der Waals surface area contributed by atoms with Gasteiger partial charge in [0.2, 0.25) is 0 Å². The minimum Gasteiger partial charge on any atom is -0.378 e. The van der Waals surface area contributed by atoms with Crippen LogP contribution in [0.1, 0.15) is 32.0 Å². The molecule has 4 nitrogen and oxygen atoms in total. The van der Waals surface area contributed by atoms with E-state index in [2.05, 4.69) is 38.1 Å². The lowest BCUT2D eigenvalue weighted by Gasteiger charge is -2.11. The standard InChI is InChI=1S/C12H18BrN3O/c1-2-11-15-10(13)8-12(16-11)14-6-5-9-4-3-7-17-9/h8-9H,2-7H2,1H3,(H,14,15,16). The maximum atomic E-state index is 5.58. The van der Waals surface area contributed by atoms with Crippen molar-refractivity contribution in [2.75, 3.05) is 18.5 Å². The lowest BCUT2D eigenvalue weighted by Crippen LogP contribution is -2.13. The van der Waals surface area contributed by atoms with Gasteiger partial charge in [0.1, 0.15) is 16.2 Å². The van der Waals surface area contributed by atoms with E-state index in [4.69, 9.17) is 4.74 Å². The van der Waals surface area contributed by atoms with E-state index in [1.807, 2.05) is 6.07 Å². The molecule has 1 N–H and O–H groups in total. The van der Waals surface area contributed by atoms with Gasteiger partial charge >= 0.3 is 0 Å². The van der Waals surface area contributed by atoms with Crippen LogP contribution in [0.3, 0.4) is 0 Å². The van der Waals surface area contributed by atoms with E-state index in [0.29, 0.717) is 6.10 Å². The monoisotopic (exact) mass is 299 g/mol. The smallest absolute Gasteiger partial charge is 0.131 e. The van der Waals surface area contributed by atoms with Gasteiger partial charge in [-0.1, -0.05) is 6.92 Å². The van der Waals surface area contributed by atoms with Crippen molar-refractivity contribution in [1.82, 2.24) is 9.97 Å². The van der Waals surface area contributed by atoms with Crippen molar-refractivity contribution in [2.45, 2.75) is 38.7 Å². The fourth-order valence-electron chi connectivity index (χ4n) is 1.95. The lowest BCUT2D eigenvalue weighted by atomic mass is 10.2. The molecule has 1 aromatic rings. The zero-order chi connectivity index (χ0) is 12.1. The SMILES string of the molecule is CCc1nc(Br)cc(NCCC2CCCO2)n1. The highest BCUT2D eigenvalue weighted by atomic mass is 79.9. The number of rotatable bonds is 5. The first-order chi connectivity index (χ1) is 8.28. The molecular weight excluding hydrogens is 282 g/mol. The van der Waals surface area contributed by atoms with Crippen molar-refractivity contribution in [2.24, 2.45) is 0 Å². The van der Waals surface area contributed by atoms with E-state index in [1.54, 1.807) is 0 Å². The van der Waals surface area contributed by atoms with Crippen LogP contribution in [0.2, 0.25) is 0 Å². The number of hydrogen-bond donors (Lipinski definition) is 1. The van der Waals surface area contributed by atoms with Gasteiger partial charge in [-0.15, -0.1) is 0 Å². The molecule has 1 aliphatic rings. The van der Waals surface area contributed by atoms with Crippen LogP contribution in [0.5, 0.6) is 0 Å². The van der Waals surface area contributed by atoms with E-state index in [1.165, 1.54) is 12.8 Å². The van der Waals surface area contributed by atoms with Crippen molar-refractivity contribution in [3.63, 3.8) is 0 Å². The Balaban J connectivity index is 1.83. The van der Waals surface area contributed by atoms with E-state index < -0.39 is 0 Å². The molecule has 5 heteroatoms. The predicted octanol–water partition coefficient (Wildman–Crippen LogP) is 2.78. The summed E-state index contributed by atoms with van der Waals surface area (Å²) in [7, 11) is 0. The number of halogens is 1. The van der Waals surface area contributed by atoms with Gasteiger partial charge in [0.25, 0.3) is 0 Å². The Kier molecular flexibility index (Phi) is 4.74. The third kappa shape index (κ3) is 3.92. The van der Waals surface area contributed by atoms with Gasteiger partial charge in [-0.05, 0) is 35.2 Å². The van der Waals surface area contributed by atoms with Gasteiger partial charge in [0.05, 0.1) is 6.10 Å². The molecular formula is C12H18BrN3O. The highest BCUT2D eigenvalue weighted by Gasteiger charge is 2.14. The first-order valence-electron chi connectivity index (χ1n) is 6.17. The Hall–Kier alpha value is -0.680. The number of anilines is 1. The van der Waals surface area contributed by atoms with E-state index in [9.17, 15) is 0 Å². The van der Waals surface area contributed by atoms with Crippen LogP contribution in [0.25, 0.3) is 0 Å². The molecule has 1 saturated heterocycles. The van der Waals surface area contributed by atoms with E-state index in [-0.39, 0.29) is 0 Å². The fourth-order valence-corrected chi connectivity index (χ4v) is 2.37. The molecule has 0 amide bonds. The van der Waals surface area contributed by atoms with Crippen molar-refractivity contribution >= 4 is 21.7 Å². The summed E-state index contributed by atoms with van der Waals surface area (Å²) in [5, 5.41) is 3.33. The van der Waals surface area contributed by atoms with Crippen LogP contribution >= 0.6 is 15.9 Å². The summed E-state index contributed by atoms with van der Waals surface area (Å²) in [6, 6.07) is 1.91. The average Bonchev–Trinajstić information content (AvgIpc) is 2.81. The number of ether oxygens (including phenoxy) is 1. The Morgan fingerprint density at radius 3 is 3.12 bits per heavy atom. The van der Waals surface area contributed by atoms with Gasteiger partial charge in [0.15, 0.2) is 0 Å². The minimum absolute atomic E-state index is 0.429. The van der Waals surface area contributed by atoms with Crippen LogP contribution < -0.4 is 5.32 Å². The van der Waals surface area contributed by atoms with Gasteiger partial charge in [-0.2, -0.15) is 0 Å². The maximum Gasteiger partial charge on any atom is 0.131 e. The zero-order valence-electron chi connectivity index (χ0n) is 10.1. The molecule has 1 aliphatic heterocycles. The van der Waals surface area contributed by atoms with Gasteiger partial charge in [0, 0.05) is 25.6 Å². The average molecular weight is 300 g/mol. The fraction of sp³-hybridized carbons (Fsp3) is 0.667. The molecule has 2 heterocycles. The Morgan fingerprint density at radius 2 is 2.41 bits per heavy atom. The van der Waals surface area contributed by atoms with Crippen LogP contribution in [0.4, 0.5) is 5.82 Å². The quantitative estimate of drug-likeness (QED) is 0.849. The van der Waals surface area contributed by atoms with Crippen LogP contribution in [-0.4, -0.2) is 29.2 Å². The molecule has 0 aliphatic carbocycles. The maximum absolute atomic E-state index is 5.58. The molecule has 1 unspecified atom stereocenters. The number of nitrogens with zero attached hydrogens (tertiary/aromatic N) is 2. The molecule has 17 heavy (non-hydrogen) atoms. The van der Waals surface area contributed by atoms with E-state index >= 15 is 0 Å². The molecule has 0 radical (unpaired) electrons. The van der Waals surface area contributed by atoms with Crippen LogP contribution in [-0.2, 0) is 11.2 Å². The second-order valence-electron chi connectivity index (χ2n) is 4.20. The molecule has 1 atom stereocenters. The van der Waals surface area contributed by atoms with Crippen molar-refractivity contribution in [3.8, 4) is 0 Å². The number of nitrogens with one attached hydrogen (secondary N) is 1. The van der Waals surface area contributed by atoms with Gasteiger partial charge < -0.3 is 10.1 Å². The summed E-state index contributed by atoms with van der Waals surface area (Å²) in [6.45, 7) is 3.87. The topological polar surface area (TPSA) is 47.0 Å². The lowest BCUT2D eigenvalue weighted by molar-refractivity contribution is 0.107. The number of aryl methyl sites for hydroxylation is 1. The second kappa shape index (κ2) is 6.31. The van der Waals surface area contributed by atoms with Crippen LogP contribution in [0, 0.1) is 0 Å². The first-order valence-corrected chi connectivity index (χ1v) is 6.96. The Labute approximate surface area is 110 Å². The molecule has 94 valence electrons. The number of hydrogen-bond acceptors (Lipinski definition) is 4. The van der Waals surface area contributed by atoms with Gasteiger partial charge in [-0.3, -0.25) is 0 Å². The summed E-state index contributed by atoms with van der Waals surface area (Å²) in [5.41, 5.74) is 0. The van der Waals surface area contributed by atoms with Gasteiger partial charge in [-0.25, -0.2) is 9.97 Å². The molecule has 2 rings (SSSR count). The summed E-state index contributed by atoms with van der Waals surface area (Å²) in [6.07, 6.45) is 4.71. The largest absolute Gasteiger partial charge is 0.378 e. The minimum atomic E-state index is 0.429. The third-order valence-corrected chi connectivity index (χ3v) is 3.26. The molecule has 1 fully saturated rings. The Morgan fingerprint density at radius 1 is 1.53 bits per heavy atom. The van der Waals surface area contributed by atoms with Crippen LogP contribution in [0.15, 0.2) is 10.7 Å². The third-order valence-electron chi connectivity index (χ3n) is 2.85. The summed E-state index contributed by atoms with van der Waals surface area (Å²) in [4.78, 5) is 8.70. The van der Waals surface area contributed by atoms with Crippen molar-refractivity contribution < 1.29 is 4.74 Å². The van der Waals surface area contributed by atoms with Crippen molar-refractivity contribution in [3.05, 3.63) is 16.5 Å². The predicted molar refractivity (Wildman–Crippen MR) is 71.2 cm³/mol. The summed E-state index contributed by atoms with van der Waals surface area (Å²) < 4.78 is 6.41. The first kappa shape index (κ1) is 12.8. The van der Waals surface area contributed by atoms with Crippen molar-refractivity contribution in [1.29, 1.82) is 0 Å². The summed E-state index contributed by atoms with van der Waals surface area (Å²) >= 11 is 3.40. The zero-order valence-corrected chi connectivity index (χ0v) is 11.7. The molecule has 0 aromatic carbocycles. The van der Waals surface area contributed by atoms with E-state index in [0.717, 1.165) is 42.2 Å². The Bertz CT molecular complexity index is 367. The molecule has 0 spiro atoms. The molecule has 0 saturated carbocycles. The second-order valence-corrected chi connectivity index (χ2v) is 5.01.